The van der Waals surface area contributed by atoms with E-state index in [1.165, 1.54) is 22.2 Å². The standard InChI is InChI=1S/C21H23N3O4S/c1-12-17-19(22-11-23(2)20(17)25)29-18(12)21(26)24-9-5-6-15(24)14-10-13(27-3)7-8-16(14)28-4/h7-8,10-11,15H,5-6,9H2,1-4H3. The summed E-state index contributed by atoms with van der Waals surface area (Å²) in [5, 5.41) is 0.526. The number of hydrogen-bond donors (Lipinski definition) is 0. The maximum Gasteiger partial charge on any atom is 0.264 e. The van der Waals surface area contributed by atoms with Crippen LogP contribution in [0.15, 0.2) is 29.3 Å². The lowest BCUT2D eigenvalue weighted by Gasteiger charge is -2.26. The van der Waals surface area contributed by atoms with Gasteiger partial charge in [-0.1, -0.05) is 0 Å². The third kappa shape index (κ3) is 3.17. The first-order valence-electron chi connectivity index (χ1n) is 9.44. The molecule has 3 heterocycles. The van der Waals surface area contributed by atoms with Gasteiger partial charge in [-0.3, -0.25) is 9.59 Å². The number of fused-ring (bicyclic) bond motifs is 1. The molecule has 1 aliphatic heterocycles. The van der Waals surface area contributed by atoms with E-state index in [-0.39, 0.29) is 17.5 Å². The number of aromatic nitrogens is 2. The minimum absolute atomic E-state index is 0.0695. The summed E-state index contributed by atoms with van der Waals surface area (Å²) in [6.45, 7) is 2.48. The molecule has 1 atom stereocenters. The second-order valence-corrected chi connectivity index (χ2v) is 8.16. The van der Waals surface area contributed by atoms with Gasteiger partial charge in [-0.05, 0) is 43.5 Å². The van der Waals surface area contributed by atoms with Crippen LogP contribution in [0.4, 0.5) is 0 Å². The van der Waals surface area contributed by atoms with Gasteiger partial charge in [0.2, 0.25) is 0 Å². The average Bonchev–Trinajstić information content (AvgIpc) is 3.35. The van der Waals surface area contributed by atoms with Crippen LogP contribution in [0.5, 0.6) is 11.5 Å². The van der Waals surface area contributed by atoms with Crippen molar-refractivity contribution in [3.63, 3.8) is 0 Å². The van der Waals surface area contributed by atoms with Crippen molar-refractivity contribution in [1.29, 1.82) is 0 Å². The summed E-state index contributed by atoms with van der Waals surface area (Å²) >= 11 is 1.28. The van der Waals surface area contributed by atoms with Crippen LogP contribution in [-0.2, 0) is 7.05 Å². The van der Waals surface area contributed by atoms with E-state index in [1.807, 2.05) is 30.0 Å². The minimum atomic E-state index is -0.129. The minimum Gasteiger partial charge on any atom is -0.497 e. The molecular formula is C21H23N3O4S. The normalized spacial score (nSPS) is 16.4. The largest absolute Gasteiger partial charge is 0.497 e. The van der Waals surface area contributed by atoms with Crippen molar-refractivity contribution in [1.82, 2.24) is 14.5 Å². The van der Waals surface area contributed by atoms with E-state index in [2.05, 4.69) is 4.98 Å². The molecule has 1 saturated heterocycles. The van der Waals surface area contributed by atoms with Crippen molar-refractivity contribution in [2.45, 2.75) is 25.8 Å². The van der Waals surface area contributed by atoms with E-state index in [0.29, 0.717) is 27.2 Å². The van der Waals surface area contributed by atoms with Gasteiger partial charge in [0.25, 0.3) is 11.5 Å². The average molecular weight is 413 g/mol. The van der Waals surface area contributed by atoms with Gasteiger partial charge in [-0.2, -0.15) is 0 Å². The molecule has 1 unspecified atom stereocenters. The first-order valence-corrected chi connectivity index (χ1v) is 10.3. The number of carbonyl (C=O) groups is 1. The van der Waals surface area contributed by atoms with Gasteiger partial charge >= 0.3 is 0 Å². The highest BCUT2D eigenvalue weighted by atomic mass is 32.1. The summed E-state index contributed by atoms with van der Waals surface area (Å²) in [4.78, 5) is 33.4. The Labute approximate surface area is 172 Å². The Morgan fingerprint density at radius 1 is 1.28 bits per heavy atom. The molecule has 2 aromatic heterocycles. The van der Waals surface area contributed by atoms with Crippen LogP contribution in [0.2, 0.25) is 0 Å². The molecular weight excluding hydrogens is 390 g/mol. The van der Waals surface area contributed by atoms with Crippen molar-refractivity contribution in [2.24, 2.45) is 7.05 Å². The number of rotatable bonds is 4. The van der Waals surface area contributed by atoms with Crippen molar-refractivity contribution in [3.05, 3.63) is 50.9 Å². The van der Waals surface area contributed by atoms with Crippen LogP contribution >= 0.6 is 11.3 Å². The zero-order chi connectivity index (χ0) is 20.7. The van der Waals surface area contributed by atoms with E-state index in [9.17, 15) is 9.59 Å². The lowest BCUT2D eigenvalue weighted by atomic mass is 10.0. The van der Waals surface area contributed by atoms with Gasteiger partial charge in [0.1, 0.15) is 16.3 Å². The fourth-order valence-corrected chi connectivity index (χ4v) is 5.07. The second-order valence-electron chi connectivity index (χ2n) is 7.16. The molecule has 0 aliphatic carbocycles. The molecule has 29 heavy (non-hydrogen) atoms. The molecule has 0 spiro atoms. The lowest BCUT2D eigenvalue weighted by Crippen LogP contribution is -2.30. The van der Waals surface area contributed by atoms with Crippen LogP contribution < -0.4 is 15.0 Å². The number of methoxy groups -OCH3 is 2. The molecule has 1 amide bonds. The Morgan fingerprint density at radius 3 is 2.79 bits per heavy atom. The molecule has 1 aromatic carbocycles. The summed E-state index contributed by atoms with van der Waals surface area (Å²) < 4.78 is 12.4. The number of likely N-dealkylation sites (tertiary alicyclic amines) is 1. The van der Waals surface area contributed by atoms with Crippen LogP contribution in [0.1, 0.15) is 39.7 Å². The highest BCUT2D eigenvalue weighted by molar-refractivity contribution is 7.20. The monoisotopic (exact) mass is 413 g/mol. The van der Waals surface area contributed by atoms with Crippen LogP contribution in [0.25, 0.3) is 10.2 Å². The van der Waals surface area contributed by atoms with Gasteiger partial charge in [-0.15, -0.1) is 11.3 Å². The maximum absolute atomic E-state index is 13.5. The fraction of sp³-hybridized carbons (Fsp3) is 0.381. The van der Waals surface area contributed by atoms with Gasteiger partial charge in [0.15, 0.2) is 0 Å². The van der Waals surface area contributed by atoms with Gasteiger partial charge in [0.05, 0.1) is 36.9 Å². The van der Waals surface area contributed by atoms with Gasteiger partial charge < -0.3 is 18.9 Å². The molecule has 3 aromatic rings. The quantitative estimate of drug-likeness (QED) is 0.656. The predicted molar refractivity (Wildman–Crippen MR) is 112 cm³/mol. The first kappa shape index (κ1) is 19.4. The van der Waals surface area contributed by atoms with E-state index >= 15 is 0 Å². The Kier molecular flexibility index (Phi) is 5.04. The van der Waals surface area contributed by atoms with Crippen molar-refractivity contribution in [3.8, 4) is 11.5 Å². The Hall–Kier alpha value is -2.87. The van der Waals surface area contributed by atoms with E-state index in [4.69, 9.17) is 9.47 Å². The highest BCUT2D eigenvalue weighted by Gasteiger charge is 2.34. The molecule has 0 saturated carbocycles. The van der Waals surface area contributed by atoms with E-state index in [0.717, 1.165) is 29.9 Å². The van der Waals surface area contributed by atoms with Crippen LogP contribution in [0.3, 0.4) is 0 Å². The molecule has 152 valence electrons. The van der Waals surface area contributed by atoms with E-state index < -0.39 is 0 Å². The molecule has 8 heteroatoms. The number of carbonyl (C=O) groups excluding carboxylic acids is 1. The molecule has 1 fully saturated rings. The maximum atomic E-state index is 13.5. The fourth-order valence-electron chi connectivity index (χ4n) is 3.98. The summed E-state index contributed by atoms with van der Waals surface area (Å²) in [7, 11) is 4.92. The summed E-state index contributed by atoms with van der Waals surface area (Å²) in [5.74, 6) is 1.39. The summed E-state index contributed by atoms with van der Waals surface area (Å²) in [5.41, 5.74) is 1.51. The van der Waals surface area contributed by atoms with Crippen LogP contribution in [-0.4, -0.2) is 41.1 Å². The topological polar surface area (TPSA) is 73.7 Å². The zero-order valence-corrected chi connectivity index (χ0v) is 17.7. The summed E-state index contributed by atoms with van der Waals surface area (Å²) in [6, 6.07) is 5.55. The molecule has 0 radical (unpaired) electrons. The number of thiophene rings is 1. The van der Waals surface area contributed by atoms with Gasteiger partial charge in [0, 0.05) is 19.2 Å². The predicted octanol–water partition coefficient (Wildman–Crippen LogP) is 3.30. The Bertz CT molecular complexity index is 1150. The number of nitrogens with zero attached hydrogens (tertiary/aromatic N) is 3. The molecule has 0 bridgehead atoms. The highest BCUT2D eigenvalue weighted by Crippen LogP contribution is 2.40. The summed E-state index contributed by atoms with van der Waals surface area (Å²) in [6.07, 6.45) is 3.24. The number of hydrogen-bond acceptors (Lipinski definition) is 6. The smallest absolute Gasteiger partial charge is 0.264 e. The number of amides is 1. The number of benzene rings is 1. The van der Waals surface area contributed by atoms with E-state index in [1.54, 1.807) is 21.3 Å². The SMILES string of the molecule is COc1ccc(OC)c(C2CCCN2C(=O)c2sc3ncn(C)c(=O)c3c2C)c1. The lowest BCUT2D eigenvalue weighted by molar-refractivity contribution is 0.0738. The molecule has 4 rings (SSSR count). The third-order valence-corrected chi connectivity index (χ3v) is 6.70. The number of aryl methyl sites for hydroxylation is 2. The Balaban J connectivity index is 1.76. The van der Waals surface area contributed by atoms with Crippen LogP contribution in [0, 0.1) is 6.92 Å². The van der Waals surface area contributed by atoms with Crippen molar-refractivity contribution < 1.29 is 14.3 Å². The molecule has 1 aliphatic rings. The third-order valence-electron chi connectivity index (χ3n) is 5.51. The van der Waals surface area contributed by atoms with Crippen molar-refractivity contribution >= 4 is 27.5 Å². The second kappa shape index (κ2) is 7.51. The van der Waals surface area contributed by atoms with Gasteiger partial charge in [-0.25, -0.2) is 4.98 Å². The first-order chi connectivity index (χ1) is 14.0. The molecule has 0 N–H and O–H groups in total. The molecule has 7 nitrogen and oxygen atoms in total. The zero-order valence-electron chi connectivity index (χ0n) is 16.9. The number of ether oxygens (including phenoxy) is 2. The van der Waals surface area contributed by atoms with Crippen molar-refractivity contribution in [2.75, 3.05) is 20.8 Å². The Morgan fingerprint density at radius 2 is 2.07 bits per heavy atom.